The molecule has 17 heteroatoms. The third-order valence-corrected chi connectivity index (χ3v) is 6.31. The van der Waals surface area contributed by atoms with Crippen molar-refractivity contribution in [3.63, 3.8) is 0 Å². The molecule has 0 saturated heterocycles. The van der Waals surface area contributed by atoms with Crippen LogP contribution in [0, 0.1) is 0 Å². The maximum absolute atomic E-state index is 12.2. The van der Waals surface area contributed by atoms with Crippen LogP contribution in [-0.4, -0.2) is 90.5 Å². The zero-order valence-corrected chi connectivity index (χ0v) is 21.9. The Morgan fingerprint density at radius 3 is 1.15 bits per heavy atom. The third-order valence-electron chi connectivity index (χ3n) is 4.64. The van der Waals surface area contributed by atoms with E-state index in [0.717, 1.165) is 50.6 Å². The Hall–Kier alpha value is -3.90. The van der Waals surface area contributed by atoms with Crippen LogP contribution >= 0.6 is 0 Å². The lowest BCUT2D eigenvalue weighted by atomic mass is 10.1. The van der Waals surface area contributed by atoms with E-state index in [-0.39, 0.29) is 48.7 Å². The standard InChI is InChI=1S/C22H22O15S2/c1-33-19(23)13-7-15(11-17(9-13)38(27,28)29)21(25)36-5-3-35-4-6-37-22(26)16-8-14(20(24)34-2)10-18(12-16)39(30,31)32/h7-12H,3-6H2,1-2H3,(H,27,28,29)(H,30,31,32). The maximum atomic E-state index is 12.2. The van der Waals surface area contributed by atoms with Gasteiger partial charge in [-0.15, -0.1) is 0 Å². The molecule has 0 aliphatic heterocycles. The number of benzene rings is 2. The van der Waals surface area contributed by atoms with Crippen molar-refractivity contribution in [2.24, 2.45) is 0 Å². The van der Waals surface area contributed by atoms with Crippen molar-refractivity contribution in [2.45, 2.75) is 9.79 Å². The van der Waals surface area contributed by atoms with Gasteiger partial charge in [0.25, 0.3) is 20.2 Å². The van der Waals surface area contributed by atoms with Crippen molar-refractivity contribution >= 4 is 44.1 Å². The summed E-state index contributed by atoms with van der Waals surface area (Å²) < 4.78 is 88.1. The summed E-state index contributed by atoms with van der Waals surface area (Å²) in [6, 6.07) is 5.24. The molecule has 0 unspecified atom stereocenters. The molecule has 0 radical (unpaired) electrons. The fourth-order valence-electron chi connectivity index (χ4n) is 2.86. The quantitative estimate of drug-likeness (QED) is 0.151. The third kappa shape index (κ3) is 9.11. The summed E-state index contributed by atoms with van der Waals surface area (Å²) >= 11 is 0. The molecule has 0 aliphatic carbocycles. The van der Waals surface area contributed by atoms with Gasteiger partial charge in [0.05, 0.1) is 59.5 Å². The smallest absolute Gasteiger partial charge is 0.338 e. The predicted octanol–water partition coefficient (Wildman–Crippen LogP) is 0.784. The average Bonchev–Trinajstić information content (AvgIpc) is 2.89. The monoisotopic (exact) mass is 590 g/mol. The van der Waals surface area contributed by atoms with E-state index in [9.17, 15) is 45.1 Å². The average molecular weight is 591 g/mol. The van der Waals surface area contributed by atoms with Gasteiger partial charge in [0.2, 0.25) is 0 Å². The summed E-state index contributed by atoms with van der Waals surface area (Å²) in [7, 11) is -7.43. The predicted molar refractivity (Wildman–Crippen MR) is 127 cm³/mol. The first-order chi connectivity index (χ1) is 18.2. The first kappa shape index (κ1) is 31.3. The minimum atomic E-state index is -4.75. The van der Waals surface area contributed by atoms with E-state index in [1.807, 2.05) is 0 Å². The Labute approximate surface area is 222 Å². The summed E-state index contributed by atoms with van der Waals surface area (Å²) in [5, 5.41) is 0. The Morgan fingerprint density at radius 2 is 0.872 bits per heavy atom. The van der Waals surface area contributed by atoms with Crippen LogP contribution in [0.15, 0.2) is 46.2 Å². The van der Waals surface area contributed by atoms with Gasteiger partial charge in [0, 0.05) is 0 Å². The van der Waals surface area contributed by atoms with Crippen LogP contribution in [-0.2, 0) is 43.9 Å². The van der Waals surface area contributed by atoms with Gasteiger partial charge in [-0.25, -0.2) is 19.2 Å². The molecule has 2 N–H and O–H groups in total. The van der Waals surface area contributed by atoms with Crippen molar-refractivity contribution < 1.29 is 68.8 Å². The Kier molecular flexibility index (Phi) is 10.6. The van der Waals surface area contributed by atoms with Crippen LogP contribution in [0.2, 0.25) is 0 Å². The second kappa shape index (κ2) is 13.3. The van der Waals surface area contributed by atoms with E-state index in [1.54, 1.807) is 0 Å². The first-order valence-electron chi connectivity index (χ1n) is 10.5. The van der Waals surface area contributed by atoms with Crippen LogP contribution < -0.4 is 0 Å². The topological polar surface area (TPSA) is 223 Å². The van der Waals surface area contributed by atoms with Gasteiger partial charge >= 0.3 is 23.9 Å². The highest BCUT2D eigenvalue weighted by Crippen LogP contribution is 2.18. The minimum Gasteiger partial charge on any atom is -0.465 e. The lowest BCUT2D eigenvalue weighted by Gasteiger charge is -2.10. The van der Waals surface area contributed by atoms with E-state index in [1.165, 1.54) is 0 Å². The summed E-state index contributed by atoms with van der Waals surface area (Å²) in [4.78, 5) is 46.5. The highest BCUT2D eigenvalue weighted by atomic mass is 32.2. The number of methoxy groups -OCH3 is 2. The molecule has 0 amide bonds. The molecule has 0 aliphatic rings. The summed E-state index contributed by atoms with van der Waals surface area (Å²) in [6.45, 7) is -1.07. The number of ether oxygens (including phenoxy) is 5. The summed E-state index contributed by atoms with van der Waals surface area (Å²) in [5.74, 6) is -4.00. The van der Waals surface area contributed by atoms with Crippen LogP contribution in [0.1, 0.15) is 41.4 Å². The Morgan fingerprint density at radius 1 is 0.564 bits per heavy atom. The fraction of sp³-hybridized carbons (Fsp3) is 0.273. The van der Waals surface area contributed by atoms with Crippen molar-refractivity contribution in [2.75, 3.05) is 40.6 Å². The zero-order valence-electron chi connectivity index (χ0n) is 20.3. The molecule has 0 atom stereocenters. The van der Waals surface area contributed by atoms with Crippen LogP contribution in [0.5, 0.6) is 0 Å². The molecule has 2 rings (SSSR count). The first-order valence-corrected chi connectivity index (χ1v) is 13.4. The van der Waals surface area contributed by atoms with Crippen molar-refractivity contribution in [3.05, 3.63) is 58.7 Å². The van der Waals surface area contributed by atoms with Gasteiger partial charge in [-0.3, -0.25) is 9.11 Å². The zero-order chi connectivity index (χ0) is 29.4. The molecule has 2 aromatic rings. The summed E-state index contributed by atoms with van der Waals surface area (Å²) in [5.41, 5.74) is -1.37. The van der Waals surface area contributed by atoms with Gasteiger partial charge in [-0.05, 0) is 36.4 Å². The number of carbonyl (C=O) groups is 4. The van der Waals surface area contributed by atoms with E-state index >= 15 is 0 Å². The lowest BCUT2D eigenvalue weighted by molar-refractivity contribution is 0.0151. The second-order valence-electron chi connectivity index (χ2n) is 7.31. The molecule has 2 aromatic carbocycles. The molecule has 0 aromatic heterocycles. The highest BCUT2D eigenvalue weighted by Gasteiger charge is 2.21. The fourth-order valence-corrected chi connectivity index (χ4v) is 3.96. The maximum Gasteiger partial charge on any atom is 0.338 e. The normalized spacial score (nSPS) is 11.4. The number of esters is 4. The van der Waals surface area contributed by atoms with Crippen molar-refractivity contribution in [1.29, 1.82) is 0 Å². The molecule has 0 fully saturated rings. The molecular formula is C22H22O15S2. The van der Waals surface area contributed by atoms with E-state index in [2.05, 4.69) is 9.47 Å². The molecule has 0 heterocycles. The molecule has 212 valence electrons. The van der Waals surface area contributed by atoms with E-state index in [4.69, 9.17) is 14.2 Å². The molecule has 39 heavy (non-hydrogen) atoms. The largest absolute Gasteiger partial charge is 0.465 e. The van der Waals surface area contributed by atoms with Crippen molar-refractivity contribution in [3.8, 4) is 0 Å². The van der Waals surface area contributed by atoms with E-state index < -0.39 is 53.9 Å². The van der Waals surface area contributed by atoms with Gasteiger partial charge < -0.3 is 23.7 Å². The van der Waals surface area contributed by atoms with Crippen LogP contribution in [0.3, 0.4) is 0 Å². The summed E-state index contributed by atoms with van der Waals surface area (Å²) in [6.07, 6.45) is 0. The van der Waals surface area contributed by atoms with Gasteiger partial charge in [0.15, 0.2) is 0 Å². The van der Waals surface area contributed by atoms with E-state index in [0.29, 0.717) is 0 Å². The molecule has 0 spiro atoms. The highest BCUT2D eigenvalue weighted by molar-refractivity contribution is 7.86. The number of hydrogen-bond donors (Lipinski definition) is 2. The Bertz CT molecular complexity index is 1370. The Balaban J connectivity index is 1.90. The second-order valence-corrected chi connectivity index (χ2v) is 10.2. The van der Waals surface area contributed by atoms with Gasteiger partial charge in [0.1, 0.15) is 13.2 Å². The lowest BCUT2D eigenvalue weighted by Crippen LogP contribution is -2.16. The van der Waals surface area contributed by atoms with Crippen molar-refractivity contribution in [1.82, 2.24) is 0 Å². The SMILES string of the molecule is COC(=O)c1cc(C(=O)OCCOCCOC(=O)c2cc(C(=O)OC)cc(S(=O)(=O)O)c2)cc(S(=O)(=O)O)c1. The minimum absolute atomic E-state index is 0.199. The molecule has 15 nitrogen and oxygen atoms in total. The van der Waals surface area contributed by atoms with Gasteiger partial charge in [-0.1, -0.05) is 0 Å². The molecule has 0 saturated carbocycles. The van der Waals surface area contributed by atoms with Crippen LogP contribution in [0.25, 0.3) is 0 Å². The molecule has 0 bridgehead atoms. The number of rotatable bonds is 12. The van der Waals surface area contributed by atoms with Crippen LogP contribution in [0.4, 0.5) is 0 Å². The number of carbonyl (C=O) groups excluding carboxylic acids is 4. The van der Waals surface area contributed by atoms with Gasteiger partial charge in [-0.2, -0.15) is 16.8 Å². The molecular weight excluding hydrogens is 568 g/mol. The number of hydrogen-bond acceptors (Lipinski definition) is 13.